The van der Waals surface area contributed by atoms with Crippen molar-refractivity contribution in [1.82, 2.24) is 39.9 Å². The Hall–Kier alpha value is -8.13. The average Bonchev–Trinajstić information content (AvgIpc) is 3.34. The van der Waals surface area contributed by atoms with Gasteiger partial charge >= 0.3 is 18.9 Å². The molecular formula is C45H27Cl4F9N14O2. The summed E-state index contributed by atoms with van der Waals surface area (Å²) >= 11 is 23.9. The predicted molar refractivity (Wildman–Crippen MR) is 259 cm³/mol. The van der Waals surface area contributed by atoms with E-state index in [0.29, 0.717) is 22.5 Å². The SMILES string of the molecule is Fc1cccc(Cl)c1-c1nc(NN=Cc2ccc(OC(F)(F)C(F)F)cc2)nc(Nc2ccc(Cl)nc2)n1.Fc1cccc(Cl)c1-c1nc(NN=Cc2ccc(OC(F)(F)F)cc2)nc(Nc2ccc(Cl)nc2)n1. The van der Waals surface area contributed by atoms with Gasteiger partial charge in [-0.1, -0.05) is 58.5 Å². The molecule has 4 aromatic carbocycles. The average molecular weight is 1110 g/mol. The van der Waals surface area contributed by atoms with E-state index in [1.807, 2.05) is 0 Å². The molecule has 8 rings (SSSR count). The first-order chi connectivity index (χ1) is 35.3. The van der Waals surface area contributed by atoms with Gasteiger partial charge in [-0.25, -0.2) is 29.6 Å². The number of rotatable bonds is 16. The van der Waals surface area contributed by atoms with Crippen LogP contribution in [0.15, 0.2) is 132 Å². The van der Waals surface area contributed by atoms with Crippen LogP contribution in [0.2, 0.25) is 20.4 Å². The molecule has 8 aromatic rings. The highest BCUT2D eigenvalue weighted by Crippen LogP contribution is 2.32. The van der Waals surface area contributed by atoms with E-state index in [9.17, 15) is 39.5 Å². The fraction of sp³-hybridized carbons (Fsp3) is 0.0667. The minimum atomic E-state index is -4.79. The summed E-state index contributed by atoms with van der Waals surface area (Å²) in [5.41, 5.74) is 6.83. The standard InChI is InChI=1S/C23H14Cl2F5N7O.C22H13Cl2F4N7O/c24-15-2-1-3-16(26)18(15)19-34-21(33-13-6-9-17(25)31-11-13)36-22(35-19)37-32-10-12-4-7-14(8-5-12)38-23(29,30)20(27)28;23-15-2-1-3-16(25)18(15)19-32-20(31-13-6-9-17(24)29-11-13)34-21(33-19)35-30-10-12-4-7-14(8-5-12)36-22(26,27)28/h1-11,20H,(H2,33,34,35,36,37);1-11H,(H2,31,32,33,34,35). The smallest absolute Gasteiger partial charge is 0.428 e. The number of hydrogen-bond acceptors (Lipinski definition) is 16. The third-order valence-electron chi connectivity index (χ3n) is 8.87. The lowest BCUT2D eigenvalue weighted by molar-refractivity contribution is -0.274. The Morgan fingerprint density at radius 1 is 0.500 bits per heavy atom. The topological polar surface area (TPSA) is 194 Å². The Labute approximate surface area is 430 Å². The summed E-state index contributed by atoms with van der Waals surface area (Å²) in [4.78, 5) is 33.1. The molecule has 4 aromatic heterocycles. The summed E-state index contributed by atoms with van der Waals surface area (Å²) in [6.07, 6.45) is -7.94. The van der Waals surface area contributed by atoms with Gasteiger partial charge in [0.15, 0.2) is 11.6 Å². The summed E-state index contributed by atoms with van der Waals surface area (Å²) in [5.74, 6) is -2.49. The van der Waals surface area contributed by atoms with Gasteiger partial charge in [-0.15, -0.1) is 13.2 Å². The van der Waals surface area contributed by atoms with Gasteiger partial charge in [-0.05, 0) is 108 Å². The third-order valence-corrected chi connectivity index (χ3v) is 9.95. The van der Waals surface area contributed by atoms with Gasteiger partial charge in [-0.2, -0.15) is 57.7 Å². The number of hydrazone groups is 2. The van der Waals surface area contributed by atoms with Crippen LogP contribution in [0.5, 0.6) is 11.5 Å². The summed E-state index contributed by atoms with van der Waals surface area (Å²) in [6.45, 7) is 0. The Kier molecular flexibility index (Phi) is 17.4. The van der Waals surface area contributed by atoms with E-state index in [4.69, 9.17) is 46.4 Å². The molecule has 380 valence electrons. The Morgan fingerprint density at radius 2 is 0.905 bits per heavy atom. The molecule has 0 spiro atoms. The number of nitrogens with zero attached hydrogens (tertiary/aromatic N) is 10. The minimum absolute atomic E-state index is 0.00222. The first-order valence-electron chi connectivity index (χ1n) is 20.3. The zero-order valence-electron chi connectivity index (χ0n) is 36.5. The number of aromatic nitrogens is 8. The monoisotopic (exact) mass is 1110 g/mol. The van der Waals surface area contributed by atoms with Gasteiger partial charge in [0.25, 0.3) is 0 Å². The molecule has 0 amide bonds. The maximum atomic E-state index is 14.5. The van der Waals surface area contributed by atoms with E-state index in [1.54, 1.807) is 18.2 Å². The molecular weight excluding hydrogens is 1080 g/mol. The van der Waals surface area contributed by atoms with Crippen molar-refractivity contribution < 1.29 is 49.0 Å². The molecule has 0 radical (unpaired) electrons. The van der Waals surface area contributed by atoms with Crippen LogP contribution >= 0.6 is 46.4 Å². The zero-order chi connectivity index (χ0) is 53.0. The van der Waals surface area contributed by atoms with Crippen LogP contribution in [-0.2, 0) is 0 Å². The second-order valence-corrected chi connectivity index (χ2v) is 15.8. The molecule has 4 heterocycles. The van der Waals surface area contributed by atoms with Crippen molar-refractivity contribution in [2.45, 2.75) is 18.9 Å². The summed E-state index contributed by atoms with van der Waals surface area (Å²) < 4.78 is 124. The normalized spacial score (nSPS) is 11.6. The van der Waals surface area contributed by atoms with Gasteiger partial charge in [0.2, 0.25) is 23.8 Å². The molecule has 0 saturated heterocycles. The number of hydrogen-bond donors (Lipinski definition) is 4. The number of nitrogens with one attached hydrogen (secondary N) is 4. The molecule has 0 aliphatic carbocycles. The number of alkyl halides is 7. The van der Waals surface area contributed by atoms with E-state index in [0.717, 1.165) is 24.3 Å². The quantitative estimate of drug-likeness (QED) is 0.0309. The maximum absolute atomic E-state index is 14.5. The maximum Gasteiger partial charge on any atom is 0.573 e. The lowest BCUT2D eigenvalue weighted by Gasteiger charge is -2.16. The lowest BCUT2D eigenvalue weighted by atomic mass is 10.2. The number of ether oxygens (including phenoxy) is 2. The van der Waals surface area contributed by atoms with E-state index in [2.05, 4.69) is 81.0 Å². The Bertz CT molecular complexity index is 3220. The molecule has 0 bridgehead atoms. The van der Waals surface area contributed by atoms with Crippen LogP contribution in [0, 0.1) is 11.6 Å². The summed E-state index contributed by atoms with van der Waals surface area (Å²) in [6, 6.07) is 24.3. The molecule has 0 aliphatic heterocycles. The molecule has 4 N–H and O–H groups in total. The molecule has 16 nitrogen and oxygen atoms in total. The first kappa shape index (κ1) is 53.7. The second-order valence-electron chi connectivity index (χ2n) is 14.2. The highest BCUT2D eigenvalue weighted by molar-refractivity contribution is 6.33. The van der Waals surface area contributed by atoms with Gasteiger partial charge in [0, 0.05) is 0 Å². The van der Waals surface area contributed by atoms with Crippen molar-refractivity contribution in [3.63, 3.8) is 0 Å². The van der Waals surface area contributed by atoms with Crippen molar-refractivity contribution in [2.24, 2.45) is 10.2 Å². The lowest BCUT2D eigenvalue weighted by Crippen LogP contribution is -2.33. The molecule has 0 atom stereocenters. The number of pyridine rings is 2. The Morgan fingerprint density at radius 3 is 1.27 bits per heavy atom. The van der Waals surface area contributed by atoms with E-state index < -0.39 is 36.3 Å². The highest BCUT2D eigenvalue weighted by atomic mass is 35.5. The van der Waals surface area contributed by atoms with Crippen LogP contribution in [-0.4, -0.2) is 71.2 Å². The van der Waals surface area contributed by atoms with Gasteiger partial charge in [0.1, 0.15) is 33.4 Å². The minimum Gasteiger partial charge on any atom is -0.428 e. The first-order valence-corrected chi connectivity index (χ1v) is 21.8. The third kappa shape index (κ3) is 15.4. The number of benzene rings is 4. The zero-order valence-corrected chi connectivity index (χ0v) is 39.5. The number of halogens is 13. The fourth-order valence-electron chi connectivity index (χ4n) is 5.68. The van der Waals surface area contributed by atoms with Crippen LogP contribution in [0.4, 0.5) is 74.7 Å². The van der Waals surface area contributed by atoms with E-state index >= 15 is 0 Å². The molecule has 29 heteroatoms. The van der Waals surface area contributed by atoms with Crippen molar-refractivity contribution in [1.29, 1.82) is 0 Å². The summed E-state index contributed by atoms with van der Waals surface area (Å²) in [7, 11) is 0. The van der Waals surface area contributed by atoms with Gasteiger partial charge in [-0.3, -0.25) is 0 Å². The second kappa shape index (κ2) is 24.1. The Balaban J connectivity index is 0.000000217. The van der Waals surface area contributed by atoms with Crippen molar-refractivity contribution in [3.8, 4) is 34.3 Å². The van der Waals surface area contributed by atoms with Crippen molar-refractivity contribution in [2.75, 3.05) is 21.5 Å². The summed E-state index contributed by atoms with van der Waals surface area (Å²) in [5, 5.41) is 14.4. The molecule has 0 aliphatic rings. The molecule has 74 heavy (non-hydrogen) atoms. The van der Waals surface area contributed by atoms with Crippen molar-refractivity contribution >= 4 is 94.0 Å². The number of anilines is 6. The molecule has 0 fully saturated rings. The van der Waals surface area contributed by atoms with Crippen LogP contribution in [0.3, 0.4) is 0 Å². The van der Waals surface area contributed by atoms with Gasteiger partial charge in [0.05, 0.1) is 57.4 Å². The van der Waals surface area contributed by atoms with Crippen LogP contribution in [0.1, 0.15) is 11.1 Å². The van der Waals surface area contributed by atoms with Crippen LogP contribution < -0.4 is 31.0 Å². The highest BCUT2D eigenvalue weighted by Gasteiger charge is 2.44. The van der Waals surface area contributed by atoms with E-state index in [-0.39, 0.29) is 72.7 Å². The molecule has 0 unspecified atom stereocenters. The van der Waals surface area contributed by atoms with Crippen LogP contribution in [0.25, 0.3) is 22.8 Å². The fourth-order valence-corrected chi connectivity index (χ4v) is 6.39. The van der Waals surface area contributed by atoms with Gasteiger partial charge < -0.3 is 20.1 Å². The largest absolute Gasteiger partial charge is 0.573 e. The van der Waals surface area contributed by atoms with E-state index in [1.165, 1.54) is 91.6 Å². The predicted octanol–water partition coefficient (Wildman–Crippen LogP) is 13.3. The van der Waals surface area contributed by atoms with Crippen molar-refractivity contribution in [3.05, 3.63) is 165 Å². The molecule has 0 saturated carbocycles.